The molecule has 1 amide bonds. The van der Waals surface area contributed by atoms with Gasteiger partial charge in [0.25, 0.3) is 0 Å². The third-order valence-electron chi connectivity index (χ3n) is 5.25. The molecule has 4 heterocycles. The first kappa shape index (κ1) is 23.5. The number of anilines is 1. The summed E-state index contributed by atoms with van der Waals surface area (Å²) in [4.78, 5) is 22.4. The van der Waals surface area contributed by atoms with Crippen molar-refractivity contribution in [1.29, 1.82) is 0 Å². The minimum absolute atomic E-state index is 0.0817. The van der Waals surface area contributed by atoms with Crippen LogP contribution in [0.5, 0.6) is 5.88 Å². The van der Waals surface area contributed by atoms with Crippen LogP contribution in [0.3, 0.4) is 0 Å². The molecule has 2 N–H and O–H groups in total. The van der Waals surface area contributed by atoms with E-state index < -0.39 is 12.1 Å². The lowest BCUT2D eigenvalue weighted by Crippen LogP contribution is -2.52. The van der Waals surface area contributed by atoms with E-state index in [-0.39, 0.29) is 12.0 Å². The number of benzene rings is 1. The molecule has 1 aromatic heterocycles. The van der Waals surface area contributed by atoms with Crippen LogP contribution >= 0.6 is 0 Å². The number of carbonyl (C=O) groups excluding carboxylic acids is 1. The fraction of sp³-hybridized carbons (Fsp3) is 0.429. The monoisotopic (exact) mass is 452 g/mol. The average Bonchev–Trinajstić information content (AvgIpc) is 2.75. The summed E-state index contributed by atoms with van der Waals surface area (Å²) in [5, 5.41) is 18.4. The normalized spacial score (nSPS) is 21.8. The van der Waals surface area contributed by atoms with Crippen molar-refractivity contribution in [1.82, 2.24) is 15.1 Å². The van der Waals surface area contributed by atoms with Gasteiger partial charge in [-0.05, 0) is 50.0 Å². The summed E-state index contributed by atoms with van der Waals surface area (Å²) < 4.78 is 37.8. The average molecular weight is 452 g/mol. The number of nitrogens with one attached hydrogen (secondary N) is 1. The Morgan fingerprint density at radius 2 is 1.72 bits per heavy atom. The van der Waals surface area contributed by atoms with Crippen molar-refractivity contribution in [2.75, 3.05) is 25.0 Å². The SMILES string of the molecule is CC(=O)Nc1ccc(-c2ccc(O[C@H]3CN4CCC3CC4)nn2)cc1.O=C(O)C(F)(F)F. The second-order valence-corrected chi connectivity index (χ2v) is 7.61. The van der Waals surface area contributed by atoms with Gasteiger partial charge in [-0.1, -0.05) is 12.1 Å². The molecule has 0 radical (unpaired) electrons. The van der Waals surface area contributed by atoms with Crippen molar-refractivity contribution >= 4 is 17.6 Å². The predicted octanol–water partition coefficient (Wildman–Crippen LogP) is 3.21. The Hall–Kier alpha value is -3.21. The molecule has 32 heavy (non-hydrogen) atoms. The summed E-state index contributed by atoms with van der Waals surface area (Å²) in [6.07, 6.45) is -2.41. The number of nitrogens with zero attached hydrogens (tertiary/aromatic N) is 3. The molecule has 0 spiro atoms. The van der Waals surface area contributed by atoms with E-state index in [1.165, 1.54) is 32.9 Å². The maximum Gasteiger partial charge on any atom is 0.490 e. The van der Waals surface area contributed by atoms with E-state index in [1.54, 1.807) is 0 Å². The maximum atomic E-state index is 11.1. The molecule has 0 aliphatic carbocycles. The second-order valence-electron chi connectivity index (χ2n) is 7.61. The molecular weight excluding hydrogens is 429 g/mol. The van der Waals surface area contributed by atoms with Gasteiger partial charge in [0.1, 0.15) is 6.10 Å². The van der Waals surface area contributed by atoms with Gasteiger partial charge in [-0.25, -0.2) is 4.79 Å². The van der Waals surface area contributed by atoms with Gasteiger partial charge in [0.15, 0.2) is 0 Å². The van der Waals surface area contributed by atoms with E-state index in [4.69, 9.17) is 14.6 Å². The van der Waals surface area contributed by atoms with Crippen LogP contribution in [0.4, 0.5) is 18.9 Å². The van der Waals surface area contributed by atoms with E-state index >= 15 is 0 Å². The number of hydrogen-bond acceptors (Lipinski definition) is 6. The highest BCUT2D eigenvalue weighted by molar-refractivity contribution is 5.88. The molecule has 1 aromatic carbocycles. The van der Waals surface area contributed by atoms with Gasteiger partial charge in [-0.2, -0.15) is 13.2 Å². The van der Waals surface area contributed by atoms with Gasteiger partial charge in [-0.15, -0.1) is 10.2 Å². The minimum Gasteiger partial charge on any atom is -0.475 e. The summed E-state index contributed by atoms with van der Waals surface area (Å²) in [5.41, 5.74) is 2.51. The summed E-state index contributed by atoms with van der Waals surface area (Å²) >= 11 is 0. The zero-order chi connectivity index (χ0) is 23.3. The number of piperidine rings is 3. The van der Waals surface area contributed by atoms with Gasteiger partial charge in [0.05, 0.1) is 5.69 Å². The van der Waals surface area contributed by atoms with Crippen molar-refractivity contribution in [3.8, 4) is 17.1 Å². The summed E-state index contributed by atoms with van der Waals surface area (Å²) in [6.45, 7) is 4.89. The first-order valence-corrected chi connectivity index (χ1v) is 10.0. The van der Waals surface area contributed by atoms with E-state index in [0.717, 1.165) is 23.5 Å². The summed E-state index contributed by atoms with van der Waals surface area (Å²) in [5.74, 6) is -1.60. The highest BCUT2D eigenvalue weighted by Gasteiger charge is 2.38. The molecule has 3 aliphatic heterocycles. The molecule has 5 rings (SSSR count). The lowest BCUT2D eigenvalue weighted by Gasteiger charge is -2.44. The Labute approximate surface area is 182 Å². The lowest BCUT2D eigenvalue weighted by molar-refractivity contribution is -0.192. The van der Waals surface area contributed by atoms with Crippen molar-refractivity contribution in [2.24, 2.45) is 5.92 Å². The fourth-order valence-electron chi connectivity index (χ4n) is 3.66. The zero-order valence-electron chi connectivity index (χ0n) is 17.3. The molecule has 172 valence electrons. The second kappa shape index (κ2) is 9.94. The summed E-state index contributed by atoms with van der Waals surface area (Å²) in [6, 6.07) is 11.4. The van der Waals surface area contributed by atoms with E-state index in [9.17, 15) is 18.0 Å². The number of carbonyl (C=O) groups is 2. The van der Waals surface area contributed by atoms with Gasteiger partial charge in [-0.3, -0.25) is 9.69 Å². The number of alkyl halides is 3. The largest absolute Gasteiger partial charge is 0.490 e. The molecule has 3 aliphatic rings. The number of rotatable bonds is 4. The number of aliphatic carboxylic acids is 1. The first-order valence-electron chi connectivity index (χ1n) is 10.0. The van der Waals surface area contributed by atoms with Gasteiger partial charge in [0, 0.05) is 30.8 Å². The van der Waals surface area contributed by atoms with Crippen LogP contribution in [-0.2, 0) is 9.59 Å². The highest BCUT2D eigenvalue weighted by atomic mass is 19.4. The maximum absolute atomic E-state index is 11.1. The first-order chi connectivity index (χ1) is 15.1. The molecule has 11 heteroatoms. The Balaban J connectivity index is 0.000000360. The van der Waals surface area contributed by atoms with Crippen LogP contribution in [-0.4, -0.2) is 64.0 Å². The third kappa shape index (κ3) is 6.39. The van der Waals surface area contributed by atoms with E-state index in [1.807, 2.05) is 36.4 Å². The topological polar surface area (TPSA) is 105 Å². The van der Waals surface area contributed by atoms with Gasteiger partial charge < -0.3 is 15.2 Å². The smallest absolute Gasteiger partial charge is 0.475 e. The molecule has 3 saturated heterocycles. The molecule has 2 bridgehead atoms. The van der Waals surface area contributed by atoms with E-state index in [2.05, 4.69) is 20.4 Å². The fourth-order valence-corrected chi connectivity index (χ4v) is 3.66. The standard InChI is InChI=1S/C19H22N4O2.C2HF3O2/c1-13(24)20-16-4-2-14(3-5-16)17-6-7-19(22-21-17)25-18-12-23-10-8-15(18)9-11-23;3-2(4,5)1(6)7/h2-7,15,18H,8-12H2,1H3,(H,20,24);(H,6,7)/t18-;/m0./s1. The Bertz CT molecular complexity index is 928. The van der Waals surface area contributed by atoms with Crippen LogP contribution in [0.2, 0.25) is 0 Å². The van der Waals surface area contributed by atoms with Crippen LogP contribution in [0.1, 0.15) is 19.8 Å². The summed E-state index contributed by atoms with van der Waals surface area (Å²) in [7, 11) is 0. The number of carboxylic acid groups (broad SMARTS) is 1. The van der Waals surface area contributed by atoms with Crippen LogP contribution < -0.4 is 10.1 Å². The number of amides is 1. The van der Waals surface area contributed by atoms with Crippen molar-refractivity contribution in [3.63, 3.8) is 0 Å². The molecule has 0 unspecified atom stereocenters. The number of carboxylic acids is 1. The van der Waals surface area contributed by atoms with Crippen molar-refractivity contribution in [3.05, 3.63) is 36.4 Å². The number of ether oxygens (including phenoxy) is 1. The van der Waals surface area contributed by atoms with Gasteiger partial charge >= 0.3 is 12.1 Å². The van der Waals surface area contributed by atoms with E-state index in [0.29, 0.717) is 11.8 Å². The molecule has 3 fully saturated rings. The predicted molar refractivity (Wildman–Crippen MR) is 109 cm³/mol. The zero-order valence-corrected chi connectivity index (χ0v) is 17.3. The number of hydrogen-bond donors (Lipinski definition) is 2. The molecule has 1 atom stereocenters. The van der Waals surface area contributed by atoms with Crippen molar-refractivity contribution < 1.29 is 32.6 Å². The van der Waals surface area contributed by atoms with Crippen molar-refractivity contribution in [2.45, 2.75) is 32.0 Å². The van der Waals surface area contributed by atoms with Crippen LogP contribution in [0, 0.1) is 5.92 Å². The molecule has 2 aromatic rings. The molecule has 0 saturated carbocycles. The number of fused-ring (bicyclic) bond motifs is 3. The third-order valence-corrected chi connectivity index (χ3v) is 5.25. The number of aromatic nitrogens is 2. The number of halogens is 3. The van der Waals surface area contributed by atoms with Crippen LogP contribution in [0.15, 0.2) is 36.4 Å². The highest BCUT2D eigenvalue weighted by Crippen LogP contribution is 2.30. The van der Waals surface area contributed by atoms with Gasteiger partial charge in [0.2, 0.25) is 11.8 Å². The van der Waals surface area contributed by atoms with Crippen LogP contribution in [0.25, 0.3) is 11.3 Å². The molecular formula is C21H23F3N4O4. The Kier molecular flexibility index (Phi) is 7.29. The minimum atomic E-state index is -5.08. The Morgan fingerprint density at radius 1 is 1.09 bits per heavy atom. The quantitative estimate of drug-likeness (QED) is 0.734. The molecule has 8 nitrogen and oxygen atoms in total. The lowest BCUT2D eigenvalue weighted by atomic mass is 9.86. The Morgan fingerprint density at radius 3 is 2.16 bits per heavy atom.